The van der Waals surface area contributed by atoms with Crippen molar-refractivity contribution < 1.29 is 9.63 Å². The maximum Gasteiger partial charge on any atom is 0.433 e. The Hall–Kier alpha value is -1.49. The lowest BCUT2D eigenvalue weighted by Gasteiger charge is -2.09. The lowest BCUT2D eigenvalue weighted by Crippen LogP contribution is -2.19. The normalized spacial score (nSPS) is 11.5. The van der Waals surface area contributed by atoms with Crippen molar-refractivity contribution in [3.63, 3.8) is 0 Å². The molecule has 1 aromatic carbocycles. The van der Waals surface area contributed by atoms with Crippen molar-refractivity contribution in [2.45, 2.75) is 19.6 Å². The second kappa shape index (κ2) is 8.58. The lowest BCUT2D eigenvalue weighted by molar-refractivity contribution is 0.152. The smallest absolute Gasteiger partial charge is 0.323 e. The minimum atomic E-state index is -0.536. The largest absolute Gasteiger partial charge is 0.433 e. The third-order valence-electron chi connectivity index (χ3n) is 2.48. The van der Waals surface area contributed by atoms with Crippen LogP contribution >= 0.6 is 11.8 Å². The summed E-state index contributed by atoms with van der Waals surface area (Å²) in [7, 11) is 1.51. The minimum absolute atomic E-state index is 0.257. The fourth-order valence-electron chi connectivity index (χ4n) is 1.29. The number of nitrogens with one attached hydrogen (secondary N) is 1. The van der Waals surface area contributed by atoms with Crippen LogP contribution in [0.1, 0.15) is 19.4 Å². The predicted octanol–water partition coefficient (Wildman–Crippen LogP) is 3.29. The minimum Gasteiger partial charge on any atom is -0.323 e. The van der Waals surface area contributed by atoms with E-state index in [4.69, 9.17) is 4.84 Å². The number of rotatable bonds is 6. The van der Waals surface area contributed by atoms with Gasteiger partial charge in [0.15, 0.2) is 0 Å². The number of nitrogens with zero attached hydrogens (tertiary/aromatic N) is 1. The number of carbonyl (C=O) groups is 1. The Balaban J connectivity index is 2.44. The van der Waals surface area contributed by atoms with Crippen molar-refractivity contribution in [2.75, 3.05) is 12.8 Å². The van der Waals surface area contributed by atoms with E-state index in [1.807, 2.05) is 32.0 Å². The second-order valence-corrected chi connectivity index (χ2v) is 5.33. The number of oxime groups is 1. The van der Waals surface area contributed by atoms with Gasteiger partial charge in [0, 0.05) is 18.6 Å². The van der Waals surface area contributed by atoms with Crippen molar-refractivity contribution in [1.29, 1.82) is 0 Å². The van der Waals surface area contributed by atoms with Gasteiger partial charge < -0.3 is 5.32 Å². The molecule has 1 amide bonds. The van der Waals surface area contributed by atoms with Gasteiger partial charge in [-0.2, -0.15) is 11.8 Å². The summed E-state index contributed by atoms with van der Waals surface area (Å²) in [4.78, 5) is 15.7. The van der Waals surface area contributed by atoms with Crippen LogP contribution < -0.4 is 5.32 Å². The molecule has 0 aliphatic rings. The van der Waals surface area contributed by atoms with Crippen LogP contribution in [-0.2, 0) is 10.6 Å². The molecule has 0 fully saturated rings. The summed E-state index contributed by atoms with van der Waals surface area (Å²) in [6, 6.07) is 10.3. The predicted molar refractivity (Wildman–Crippen MR) is 80.4 cm³/mol. The fourth-order valence-corrected chi connectivity index (χ4v) is 2.42. The van der Waals surface area contributed by atoms with Gasteiger partial charge in [-0.3, -0.25) is 4.84 Å². The van der Waals surface area contributed by atoms with E-state index in [9.17, 15) is 4.79 Å². The third-order valence-corrected chi connectivity index (χ3v) is 3.52. The molecule has 0 aliphatic heterocycles. The Morgan fingerprint density at radius 2 is 2.05 bits per heavy atom. The molecule has 5 heteroatoms. The van der Waals surface area contributed by atoms with E-state index in [0.717, 1.165) is 17.2 Å². The number of thioether (sulfide) groups is 1. The molecule has 1 aromatic rings. The standard InChI is InChI=1S/C14H20N2O2S/c1-11(2)13(16-18-14(17)15-3)10-19-9-12-7-5-4-6-8-12/h4-8,11H,9-10H2,1-3H3,(H,15,17). The molecule has 0 saturated heterocycles. The molecule has 0 unspecified atom stereocenters. The first kappa shape index (κ1) is 15.6. The first-order valence-corrected chi connectivity index (χ1v) is 7.36. The summed E-state index contributed by atoms with van der Waals surface area (Å²) in [6.45, 7) is 4.07. The average molecular weight is 280 g/mol. The molecule has 0 aromatic heterocycles. The molecule has 0 aliphatic carbocycles. The number of hydrogen-bond acceptors (Lipinski definition) is 4. The highest BCUT2D eigenvalue weighted by atomic mass is 32.2. The quantitative estimate of drug-likeness (QED) is 0.494. The van der Waals surface area contributed by atoms with Crippen molar-refractivity contribution in [3.8, 4) is 0 Å². The first-order valence-electron chi connectivity index (χ1n) is 6.20. The van der Waals surface area contributed by atoms with E-state index in [2.05, 4.69) is 22.6 Å². The van der Waals surface area contributed by atoms with E-state index >= 15 is 0 Å². The monoisotopic (exact) mass is 280 g/mol. The van der Waals surface area contributed by atoms with E-state index in [1.165, 1.54) is 12.6 Å². The highest BCUT2D eigenvalue weighted by molar-refractivity contribution is 7.99. The zero-order valence-electron chi connectivity index (χ0n) is 11.6. The maximum atomic E-state index is 11.0. The number of benzene rings is 1. The Morgan fingerprint density at radius 1 is 1.37 bits per heavy atom. The van der Waals surface area contributed by atoms with Gasteiger partial charge in [-0.05, 0) is 11.5 Å². The topological polar surface area (TPSA) is 50.7 Å². The molecule has 0 bridgehead atoms. The zero-order valence-corrected chi connectivity index (χ0v) is 12.4. The van der Waals surface area contributed by atoms with Gasteiger partial charge in [-0.1, -0.05) is 49.3 Å². The number of hydrogen-bond donors (Lipinski definition) is 1. The Labute approximate surface area is 118 Å². The zero-order chi connectivity index (χ0) is 14.1. The van der Waals surface area contributed by atoms with Crippen LogP contribution in [0.4, 0.5) is 4.79 Å². The van der Waals surface area contributed by atoms with Gasteiger partial charge in [-0.25, -0.2) is 4.79 Å². The molecule has 104 valence electrons. The molecule has 1 rings (SSSR count). The average Bonchev–Trinajstić information content (AvgIpc) is 2.42. The highest BCUT2D eigenvalue weighted by Gasteiger charge is 2.08. The van der Waals surface area contributed by atoms with Crippen molar-refractivity contribution in [2.24, 2.45) is 11.1 Å². The molecular formula is C14H20N2O2S. The molecule has 0 atom stereocenters. The molecule has 4 nitrogen and oxygen atoms in total. The van der Waals surface area contributed by atoms with Gasteiger partial charge >= 0.3 is 6.09 Å². The van der Waals surface area contributed by atoms with Gasteiger partial charge in [0.05, 0.1) is 5.71 Å². The van der Waals surface area contributed by atoms with Gasteiger partial charge in [-0.15, -0.1) is 0 Å². The summed E-state index contributed by atoms with van der Waals surface area (Å²) in [5.41, 5.74) is 2.16. The van der Waals surface area contributed by atoms with E-state index < -0.39 is 6.09 Å². The van der Waals surface area contributed by atoms with Crippen molar-refractivity contribution in [3.05, 3.63) is 35.9 Å². The Morgan fingerprint density at radius 3 is 2.63 bits per heavy atom. The van der Waals surface area contributed by atoms with Crippen molar-refractivity contribution in [1.82, 2.24) is 5.32 Å². The Bertz CT molecular complexity index is 419. The molecule has 1 N–H and O–H groups in total. The Kier molecular flexibility index (Phi) is 7.03. The molecule has 0 spiro atoms. The lowest BCUT2D eigenvalue weighted by atomic mass is 10.1. The molecule has 0 saturated carbocycles. The summed E-state index contributed by atoms with van der Waals surface area (Å²) >= 11 is 1.76. The van der Waals surface area contributed by atoms with Gasteiger partial charge in [0.25, 0.3) is 0 Å². The summed E-state index contributed by atoms with van der Waals surface area (Å²) in [5.74, 6) is 1.93. The summed E-state index contributed by atoms with van der Waals surface area (Å²) < 4.78 is 0. The van der Waals surface area contributed by atoms with Gasteiger partial charge in [0.2, 0.25) is 0 Å². The van der Waals surface area contributed by atoms with Crippen LogP contribution in [0, 0.1) is 5.92 Å². The first-order chi connectivity index (χ1) is 9.13. The number of carbonyl (C=O) groups excluding carboxylic acids is 1. The number of amides is 1. The second-order valence-electron chi connectivity index (χ2n) is 4.34. The van der Waals surface area contributed by atoms with E-state index in [1.54, 1.807) is 11.8 Å². The van der Waals surface area contributed by atoms with Crippen LogP contribution in [0.15, 0.2) is 35.5 Å². The SMILES string of the molecule is CNC(=O)ON=C(CSCc1ccccc1)C(C)C. The van der Waals surface area contributed by atoms with Crippen LogP contribution in [0.2, 0.25) is 0 Å². The third kappa shape index (κ3) is 6.29. The molecular weight excluding hydrogens is 260 g/mol. The fraction of sp³-hybridized carbons (Fsp3) is 0.429. The summed E-state index contributed by atoms with van der Waals surface area (Å²) in [6.07, 6.45) is -0.536. The van der Waals surface area contributed by atoms with Crippen LogP contribution in [0.5, 0.6) is 0 Å². The van der Waals surface area contributed by atoms with Crippen LogP contribution in [0.25, 0.3) is 0 Å². The molecule has 19 heavy (non-hydrogen) atoms. The molecule has 0 heterocycles. The van der Waals surface area contributed by atoms with E-state index in [-0.39, 0.29) is 5.92 Å². The van der Waals surface area contributed by atoms with Crippen LogP contribution in [0.3, 0.4) is 0 Å². The van der Waals surface area contributed by atoms with Gasteiger partial charge in [0.1, 0.15) is 0 Å². The molecule has 0 radical (unpaired) electrons. The summed E-state index contributed by atoms with van der Waals surface area (Å²) in [5, 5.41) is 6.28. The maximum absolute atomic E-state index is 11.0. The highest BCUT2D eigenvalue weighted by Crippen LogP contribution is 2.14. The van der Waals surface area contributed by atoms with Crippen LogP contribution in [-0.4, -0.2) is 24.6 Å². The van der Waals surface area contributed by atoms with Crippen molar-refractivity contribution >= 4 is 23.6 Å². The van der Waals surface area contributed by atoms with E-state index in [0.29, 0.717) is 0 Å².